The van der Waals surface area contributed by atoms with Gasteiger partial charge < -0.3 is 19.9 Å². The molecule has 0 aliphatic heterocycles. The lowest BCUT2D eigenvalue weighted by Crippen LogP contribution is -2.23. The van der Waals surface area contributed by atoms with Crippen molar-refractivity contribution in [2.75, 3.05) is 14.2 Å². The molecule has 0 bridgehead atoms. The summed E-state index contributed by atoms with van der Waals surface area (Å²) < 4.78 is 12.1. The van der Waals surface area contributed by atoms with E-state index in [9.17, 15) is 9.90 Å². The fraction of sp³-hybridized carbons (Fsp3) is 0.120. The molecule has 0 unspecified atom stereocenters. The molecule has 2 N–H and O–H groups in total. The SMILES string of the molecule is COc1ccc(-c2cc(C(=O)NCc3ccc(O)c(OC)c3)nn2-c2ccccc2)cc1. The molecular formula is C25H23N3O4. The monoisotopic (exact) mass is 429 g/mol. The van der Waals surface area contributed by atoms with Crippen LogP contribution >= 0.6 is 0 Å². The number of benzene rings is 3. The lowest BCUT2D eigenvalue weighted by Gasteiger charge is -2.08. The van der Waals surface area contributed by atoms with Crippen molar-refractivity contribution < 1.29 is 19.4 Å². The van der Waals surface area contributed by atoms with Crippen molar-refractivity contribution >= 4 is 5.91 Å². The number of amides is 1. The molecule has 3 aromatic carbocycles. The van der Waals surface area contributed by atoms with E-state index in [-0.39, 0.29) is 18.2 Å². The zero-order chi connectivity index (χ0) is 22.5. The molecule has 0 aliphatic carbocycles. The summed E-state index contributed by atoms with van der Waals surface area (Å²) in [5.74, 6) is 0.850. The van der Waals surface area contributed by atoms with Crippen LogP contribution in [0.4, 0.5) is 0 Å². The topological polar surface area (TPSA) is 85.6 Å². The molecule has 7 heteroatoms. The van der Waals surface area contributed by atoms with E-state index in [0.29, 0.717) is 11.4 Å². The Balaban J connectivity index is 1.62. The Hall–Kier alpha value is -4.26. The van der Waals surface area contributed by atoms with Gasteiger partial charge in [0, 0.05) is 12.1 Å². The number of hydrogen-bond donors (Lipinski definition) is 2. The van der Waals surface area contributed by atoms with Gasteiger partial charge in [-0.15, -0.1) is 0 Å². The van der Waals surface area contributed by atoms with E-state index in [1.54, 1.807) is 30.0 Å². The van der Waals surface area contributed by atoms with Crippen LogP contribution in [0.2, 0.25) is 0 Å². The number of hydrogen-bond acceptors (Lipinski definition) is 5. The molecule has 0 radical (unpaired) electrons. The van der Waals surface area contributed by atoms with Crippen LogP contribution in [-0.4, -0.2) is 35.0 Å². The second-order valence-corrected chi connectivity index (χ2v) is 7.08. The predicted molar refractivity (Wildman–Crippen MR) is 121 cm³/mol. The number of methoxy groups -OCH3 is 2. The smallest absolute Gasteiger partial charge is 0.272 e. The number of nitrogens with zero attached hydrogens (tertiary/aromatic N) is 2. The van der Waals surface area contributed by atoms with Gasteiger partial charge in [-0.2, -0.15) is 5.10 Å². The minimum Gasteiger partial charge on any atom is -0.504 e. The van der Waals surface area contributed by atoms with E-state index < -0.39 is 0 Å². The van der Waals surface area contributed by atoms with Crippen molar-refractivity contribution in [1.82, 2.24) is 15.1 Å². The van der Waals surface area contributed by atoms with Crippen molar-refractivity contribution in [2.45, 2.75) is 6.54 Å². The first-order valence-corrected chi connectivity index (χ1v) is 10.0. The van der Waals surface area contributed by atoms with Crippen LogP contribution in [-0.2, 0) is 6.54 Å². The van der Waals surface area contributed by atoms with Crippen molar-refractivity contribution in [3.8, 4) is 34.2 Å². The highest BCUT2D eigenvalue weighted by Crippen LogP contribution is 2.27. The minimum absolute atomic E-state index is 0.0494. The highest BCUT2D eigenvalue weighted by molar-refractivity contribution is 5.93. The Bertz CT molecular complexity index is 1220. The summed E-state index contributed by atoms with van der Waals surface area (Å²) in [5.41, 5.74) is 3.64. The standard InChI is InChI=1S/C25H23N3O4/c1-31-20-11-9-18(10-12-20)22-15-21(27-28(22)19-6-4-3-5-7-19)25(30)26-16-17-8-13-23(29)24(14-17)32-2/h3-15,29H,16H2,1-2H3,(H,26,30). The Labute approximate surface area is 185 Å². The number of ether oxygens (including phenoxy) is 2. The van der Waals surface area contributed by atoms with Gasteiger partial charge in [-0.1, -0.05) is 24.3 Å². The molecule has 4 aromatic rings. The number of carbonyl (C=O) groups is 1. The van der Waals surface area contributed by atoms with Gasteiger partial charge in [-0.25, -0.2) is 4.68 Å². The number of rotatable bonds is 7. The van der Waals surface area contributed by atoms with E-state index in [1.165, 1.54) is 13.2 Å². The number of nitrogens with one attached hydrogen (secondary N) is 1. The van der Waals surface area contributed by atoms with Gasteiger partial charge in [0.05, 0.1) is 25.6 Å². The summed E-state index contributed by atoms with van der Waals surface area (Å²) >= 11 is 0. The predicted octanol–water partition coefficient (Wildman–Crippen LogP) is 4.19. The maximum absolute atomic E-state index is 12.9. The molecule has 0 atom stereocenters. The minimum atomic E-state index is -0.304. The summed E-state index contributed by atoms with van der Waals surface area (Å²) in [6.45, 7) is 0.269. The average Bonchev–Trinajstić information content (AvgIpc) is 3.29. The van der Waals surface area contributed by atoms with Crippen LogP contribution in [0.25, 0.3) is 16.9 Å². The van der Waals surface area contributed by atoms with Crippen LogP contribution in [0, 0.1) is 0 Å². The van der Waals surface area contributed by atoms with Crippen molar-refractivity contribution in [3.63, 3.8) is 0 Å². The lowest BCUT2D eigenvalue weighted by molar-refractivity contribution is 0.0945. The number of carbonyl (C=O) groups excluding carboxylic acids is 1. The number of phenols is 1. The zero-order valence-corrected chi connectivity index (χ0v) is 17.8. The second-order valence-electron chi connectivity index (χ2n) is 7.08. The molecule has 4 rings (SSSR count). The number of para-hydroxylation sites is 1. The van der Waals surface area contributed by atoms with Crippen LogP contribution < -0.4 is 14.8 Å². The van der Waals surface area contributed by atoms with Gasteiger partial charge in [-0.05, 0) is 60.2 Å². The van der Waals surface area contributed by atoms with E-state index >= 15 is 0 Å². The highest BCUT2D eigenvalue weighted by Gasteiger charge is 2.17. The molecular weight excluding hydrogens is 406 g/mol. The maximum Gasteiger partial charge on any atom is 0.272 e. The first-order chi connectivity index (χ1) is 15.6. The molecule has 1 amide bonds. The van der Waals surface area contributed by atoms with Crippen LogP contribution in [0.5, 0.6) is 17.2 Å². The van der Waals surface area contributed by atoms with Crippen molar-refractivity contribution in [3.05, 3.63) is 90.1 Å². The van der Waals surface area contributed by atoms with Gasteiger partial charge >= 0.3 is 0 Å². The van der Waals surface area contributed by atoms with Crippen LogP contribution in [0.1, 0.15) is 16.1 Å². The Morgan fingerprint density at radius 1 is 0.969 bits per heavy atom. The van der Waals surface area contributed by atoms with Gasteiger partial charge in [-0.3, -0.25) is 4.79 Å². The second kappa shape index (κ2) is 9.26. The van der Waals surface area contributed by atoms with Gasteiger partial charge in [0.15, 0.2) is 17.2 Å². The van der Waals surface area contributed by atoms with E-state index in [2.05, 4.69) is 10.4 Å². The third-order valence-electron chi connectivity index (χ3n) is 5.03. The summed E-state index contributed by atoms with van der Waals surface area (Å²) in [7, 11) is 3.10. The quantitative estimate of drug-likeness (QED) is 0.460. The lowest BCUT2D eigenvalue weighted by atomic mass is 10.1. The highest BCUT2D eigenvalue weighted by atomic mass is 16.5. The summed E-state index contributed by atoms with van der Waals surface area (Å²) in [6.07, 6.45) is 0. The van der Waals surface area contributed by atoms with Gasteiger partial charge in [0.1, 0.15) is 5.75 Å². The molecule has 0 saturated carbocycles. The average molecular weight is 429 g/mol. The molecule has 1 aromatic heterocycles. The van der Waals surface area contributed by atoms with Gasteiger partial charge in [0.2, 0.25) is 0 Å². The fourth-order valence-electron chi connectivity index (χ4n) is 3.33. The Kier molecular flexibility index (Phi) is 6.07. The normalized spacial score (nSPS) is 10.6. The van der Waals surface area contributed by atoms with Crippen molar-refractivity contribution in [1.29, 1.82) is 0 Å². The molecule has 0 spiro atoms. The maximum atomic E-state index is 12.9. The molecule has 32 heavy (non-hydrogen) atoms. The molecule has 0 aliphatic rings. The molecule has 1 heterocycles. The third-order valence-corrected chi connectivity index (χ3v) is 5.03. The van der Waals surface area contributed by atoms with E-state index in [1.807, 2.05) is 54.6 Å². The largest absolute Gasteiger partial charge is 0.504 e. The zero-order valence-electron chi connectivity index (χ0n) is 17.8. The summed E-state index contributed by atoms with van der Waals surface area (Å²) in [6, 6.07) is 24.0. The first kappa shape index (κ1) is 21.0. The van der Waals surface area contributed by atoms with E-state index in [4.69, 9.17) is 9.47 Å². The number of aromatic nitrogens is 2. The molecule has 0 fully saturated rings. The molecule has 0 saturated heterocycles. The Morgan fingerprint density at radius 2 is 1.72 bits per heavy atom. The molecule has 162 valence electrons. The summed E-state index contributed by atoms with van der Waals surface area (Å²) in [4.78, 5) is 12.9. The number of aromatic hydroxyl groups is 1. The Morgan fingerprint density at radius 3 is 2.41 bits per heavy atom. The van der Waals surface area contributed by atoms with Crippen molar-refractivity contribution in [2.24, 2.45) is 0 Å². The van der Waals surface area contributed by atoms with Gasteiger partial charge in [0.25, 0.3) is 5.91 Å². The van der Waals surface area contributed by atoms with E-state index in [0.717, 1.165) is 28.3 Å². The van der Waals surface area contributed by atoms with Crippen LogP contribution in [0.3, 0.4) is 0 Å². The summed E-state index contributed by atoms with van der Waals surface area (Å²) in [5, 5.41) is 17.2. The van der Waals surface area contributed by atoms with Crippen LogP contribution in [0.15, 0.2) is 78.9 Å². The number of phenolic OH excluding ortho intramolecular Hbond substituents is 1. The third kappa shape index (κ3) is 4.41. The first-order valence-electron chi connectivity index (χ1n) is 10.0. The fourth-order valence-corrected chi connectivity index (χ4v) is 3.33. The molecule has 7 nitrogen and oxygen atoms in total.